The molecule has 1 aliphatic rings. The van der Waals surface area contributed by atoms with Crippen molar-refractivity contribution in [2.75, 3.05) is 0 Å². The van der Waals surface area contributed by atoms with E-state index in [0.717, 1.165) is 0 Å². The van der Waals surface area contributed by atoms with E-state index >= 15 is 0 Å². The molecule has 1 aliphatic carbocycles. The summed E-state index contributed by atoms with van der Waals surface area (Å²) in [5.74, 6) is 0. The molecule has 0 amide bonds. The monoisotopic (exact) mass is 202 g/mol. The van der Waals surface area contributed by atoms with Crippen LogP contribution < -0.4 is 0 Å². The van der Waals surface area contributed by atoms with Crippen LogP contribution in [-0.4, -0.2) is 0 Å². The Bertz CT molecular complexity index is 356. The van der Waals surface area contributed by atoms with E-state index < -0.39 is 0 Å². The highest BCUT2D eigenvalue weighted by atomic mass is 14.2. The van der Waals surface area contributed by atoms with Crippen molar-refractivity contribution in [2.24, 2.45) is 10.8 Å². The van der Waals surface area contributed by atoms with Gasteiger partial charge in [-0.05, 0) is 28.1 Å². The van der Waals surface area contributed by atoms with Crippen LogP contribution in [0.4, 0.5) is 0 Å². The molecule has 1 rings (SSSR count). The highest BCUT2D eigenvalue weighted by Crippen LogP contribution is 2.30. The summed E-state index contributed by atoms with van der Waals surface area (Å²) < 4.78 is 0. The quantitative estimate of drug-likeness (QED) is 0.501. The van der Waals surface area contributed by atoms with Crippen molar-refractivity contribution in [1.29, 1.82) is 0 Å². The van der Waals surface area contributed by atoms with Gasteiger partial charge in [0.15, 0.2) is 0 Å². The minimum Gasteiger partial charge on any atom is -0.116 e. The molecule has 0 aliphatic heterocycles. The third-order valence-electron chi connectivity index (χ3n) is 2.60. The van der Waals surface area contributed by atoms with Crippen molar-refractivity contribution >= 4 is 0 Å². The average Bonchev–Trinajstić information content (AvgIpc) is 2.24. The van der Waals surface area contributed by atoms with Gasteiger partial charge in [-0.3, -0.25) is 0 Å². The smallest absolute Gasteiger partial charge is 0.000663 e. The molecule has 0 unspecified atom stereocenters. The second kappa shape index (κ2) is 3.87. The van der Waals surface area contributed by atoms with E-state index in [2.05, 4.69) is 71.6 Å². The van der Waals surface area contributed by atoms with E-state index in [4.69, 9.17) is 0 Å². The molecule has 0 fully saturated rings. The molecule has 0 aromatic rings. The second-order valence-corrected chi connectivity index (χ2v) is 6.18. The summed E-state index contributed by atoms with van der Waals surface area (Å²) in [5, 5.41) is 0. The first-order chi connectivity index (χ1) is 6.71. The Morgan fingerprint density at radius 1 is 0.933 bits per heavy atom. The second-order valence-electron chi connectivity index (χ2n) is 6.18. The molecule has 0 N–H and O–H groups in total. The molecule has 0 bridgehead atoms. The zero-order valence-electron chi connectivity index (χ0n) is 10.8. The summed E-state index contributed by atoms with van der Waals surface area (Å²) in [5.41, 5.74) is 6.38. The topological polar surface area (TPSA) is 0 Å². The number of hydrogen-bond donors (Lipinski definition) is 0. The van der Waals surface area contributed by atoms with Crippen LogP contribution in [0.3, 0.4) is 0 Å². The summed E-state index contributed by atoms with van der Waals surface area (Å²) in [6.07, 6.45) is 8.61. The normalized spacial score (nSPS) is 17.2. The van der Waals surface area contributed by atoms with Gasteiger partial charge in [0.1, 0.15) is 0 Å². The van der Waals surface area contributed by atoms with Crippen molar-refractivity contribution in [2.45, 2.75) is 41.5 Å². The zero-order chi connectivity index (χ0) is 11.7. The average molecular weight is 202 g/mol. The van der Waals surface area contributed by atoms with Crippen LogP contribution in [0.5, 0.6) is 0 Å². The van der Waals surface area contributed by atoms with Gasteiger partial charge in [0.05, 0.1) is 0 Å². The lowest BCUT2D eigenvalue weighted by Crippen LogP contribution is -2.07. The van der Waals surface area contributed by atoms with Gasteiger partial charge in [-0.2, -0.15) is 0 Å². The van der Waals surface area contributed by atoms with Crippen LogP contribution in [0.25, 0.3) is 0 Å². The first-order valence-electron chi connectivity index (χ1n) is 5.57. The standard InChI is InChI=1S/C15H22/c1-14(2,3)12-8-7-9-13(11-10-12)15(4,5)6/h7-10H,1-6H3. The predicted molar refractivity (Wildman–Crippen MR) is 67.7 cm³/mol. The molecule has 82 valence electrons. The Morgan fingerprint density at radius 3 is 2.00 bits per heavy atom. The Labute approximate surface area is 94.1 Å². The summed E-state index contributed by atoms with van der Waals surface area (Å²) in [7, 11) is 0. The molecule has 0 atom stereocenters. The van der Waals surface area contributed by atoms with E-state index in [1.54, 1.807) is 0 Å². The molecular formula is C15H22. The van der Waals surface area contributed by atoms with Crippen molar-refractivity contribution in [3.63, 3.8) is 0 Å². The van der Waals surface area contributed by atoms with Gasteiger partial charge in [-0.15, -0.1) is 5.73 Å². The number of hydrogen-bond acceptors (Lipinski definition) is 0. The van der Waals surface area contributed by atoms with E-state index in [-0.39, 0.29) is 10.8 Å². The summed E-state index contributed by atoms with van der Waals surface area (Å²) in [6, 6.07) is 0. The SMILES string of the molecule is CC(C)(C)C1=C=CC(C(C)(C)C)=CC=C1. The van der Waals surface area contributed by atoms with Crippen LogP contribution in [0.1, 0.15) is 41.5 Å². The van der Waals surface area contributed by atoms with Crippen LogP contribution in [0.15, 0.2) is 41.2 Å². The maximum atomic E-state index is 3.41. The molecule has 0 saturated heterocycles. The number of rotatable bonds is 0. The minimum atomic E-state index is 0.175. The van der Waals surface area contributed by atoms with Gasteiger partial charge >= 0.3 is 0 Å². The van der Waals surface area contributed by atoms with Gasteiger partial charge < -0.3 is 0 Å². The molecule has 0 aromatic heterocycles. The van der Waals surface area contributed by atoms with Crippen molar-refractivity contribution in [3.8, 4) is 0 Å². The van der Waals surface area contributed by atoms with E-state index in [9.17, 15) is 0 Å². The molecule has 0 aromatic carbocycles. The van der Waals surface area contributed by atoms with Gasteiger partial charge in [0.25, 0.3) is 0 Å². The summed E-state index contributed by atoms with van der Waals surface area (Å²) in [4.78, 5) is 0. The molecule has 0 spiro atoms. The summed E-state index contributed by atoms with van der Waals surface area (Å²) >= 11 is 0. The Hall–Kier alpha value is -1.00. The van der Waals surface area contributed by atoms with Gasteiger partial charge in [0.2, 0.25) is 0 Å². The molecule has 15 heavy (non-hydrogen) atoms. The van der Waals surface area contributed by atoms with Crippen LogP contribution >= 0.6 is 0 Å². The van der Waals surface area contributed by atoms with Crippen LogP contribution in [0.2, 0.25) is 0 Å². The predicted octanol–water partition coefficient (Wildman–Crippen LogP) is 4.66. The molecule has 0 saturated carbocycles. The van der Waals surface area contributed by atoms with Gasteiger partial charge in [-0.25, -0.2) is 0 Å². The summed E-state index contributed by atoms with van der Waals surface area (Å²) in [6.45, 7) is 13.3. The Morgan fingerprint density at radius 2 is 1.53 bits per heavy atom. The Kier molecular flexibility index (Phi) is 3.11. The molecule has 0 heteroatoms. The highest BCUT2D eigenvalue weighted by Gasteiger charge is 2.17. The largest absolute Gasteiger partial charge is 0.116 e. The molecular weight excluding hydrogens is 180 g/mol. The first-order valence-corrected chi connectivity index (χ1v) is 5.57. The fraction of sp³-hybridized carbons (Fsp3) is 0.533. The van der Waals surface area contributed by atoms with Crippen molar-refractivity contribution in [1.82, 2.24) is 0 Å². The third-order valence-corrected chi connectivity index (χ3v) is 2.60. The fourth-order valence-corrected chi connectivity index (χ4v) is 1.43. The lowest BCUT2D eigenvalue weighted by molar-refractivity contribution is 0.514. The Balaban J connectivity index is 3.11. The van der Waals surface area contributed by atoms with Crippen molar-refractivity contribution in [3.05, 3.63) is 41.2 Å². The van der Waals surface area contributed by atoms with Gasteiger partial charge in [-0.1, -0.05) is 59.8 Å². The van der Waals surface area contributed by atoms with Crippen molar-refractivity contribution < 1.29 is 0 Å². The number of allylic oxidation sites excluding steroid dienone is 5. The van der Waals surface area contributed by atoms with Crippen LogP contribution in [0, 0.1) is 10.8 Å². The van der Waals surface area contributed by atoms with E-state index in [0.29, 0.717) is 0 Å². The lowest BCUT2D eigenvalue weighted by Gasteiger charge is -2.19. The van der Waals surface area contributed by atoms with E-state index in [1.807, 2.05) is 0 Å². The first kappa shape index (κ1) is 12.1. The minimum absolute atomic E-state index is 0.175. The third kappa shape index (κ3) is 3.25. The molecule has 0 nitrogen and oxygen atoms in total. The maximum absolute atomic E-state index is 3.41. The fourth-order valence-electron chi connectivity index (χ4n) is 1.43. The van der Waals surface area contributed by atoms with E-state index in [1.165, 1.54) is 11.1 Å². The highest BCUT2D eigenvalue weighted by molar-refractivity contribution is 5.38. The molecule has 0 radical (unpaired) electrons. The van der Waals surface area contributed by atoms with Crippen LogP contribution in [-0.2, 0) is 0 Å². The lowest BCUT2D eigenvalue weighted by atomic mass is 9.85. The zero-order valence-corrected chi connectivity index (χ0v) is 10.8. The van der Waals surface area contributed by atoms with Gasteiger partial charge in [0, 0.05) is 0 Å². The molecule has 0 heterocycles. The maximum Gasteiger partial charge on any atom is -0.000663 e.